The Balaban J connectivity index is 2.24. The summed E-state index contributed by atoms with van der Waals surface area (Å²) in [4.78, 5) is 32.6. The molecule has 0 fully saturated rings. The molecule has 1 aromatic heterocycles. The standard InChI is InChI=1S/C13H19N3O4/c1-13(2,3)20-12(18)16-6-9-8(14-7-15-9)5-10(16)11(17)19-4/h7,10H,5-6H2,1-4H3,(H,14,15)/t10-/m1/s1. The Bertz CT molecular complexity index is 518. The predicted molar refractivity (Wildman–Crippen MR) is 69.9 cm³/mol. The van der Waals surface area contributed by atoms with Gasteiger partial charge in [-0.2, -0.15) is 0 Å². The molecule has 20 heavy (non-hydrogen) atoms. The summed E-state index contributed by atoms with van der Waals surface area (Å²) >= 11 is 0. The van der Waals surface area contributed by atoms with Crippen molar-refractivity contribution in [3.63, 3.8) is 0 Å². The number of ether oxygens (including phenoxy) is 2. The van der Waals surface area contributed by atoms with Gasteiger partial charge in [0.05, 0.1) is 31.4 Å². The van der Waals surface area contributed by atoms with Gasteiger partial charge in [-0.1, -0.05) is 0 Å². The third-order valence-corrected chi connectivity index (χ3v) is 3.00. The fraction of sp³-hybridized carbons (Fsp3) is 0.615. The van der Waals surface area contributed by atoms with Crippen LogP contribution in [0.5, 0.6) is 0 Å². The number of esters is 1. The van der Waals surface area contributed by atoms with Crippen LogP contribution in [-0.2, 0) is 27.2 Å². The third-order valence-electron chi connectivity index (χ3n) is 3.00. The molecule has 110 valence electrons. The minimum absolute atomic E-state index is 0.254. The fourth-order valence-corrected chi connectivity index (χ4v) is 2.09. The molecule has 2 heterocycles. The smallest absolute Gasteiger partial charge is 0.411 e. The van der Waals surface area contributed by atoms with Crippen molar-refractivity contribution in [2.75, 3.05) is 7.11 Å². The summed E-state index contributed by atoms with van der Waals surface area (Å²) in [5.74, 6) is -0.468. The van der Waals surface area contributed by atoms with Gasteiger partial charge in [0.2, 0.25) is 0 Å². The number of fused-ring (bicyclic) bond motifs is 1. The highest BCUT2D eigenvalue weighted by molar-refractivity contribution is 5.82. The number of hydrogen-bond donors (Lipinski definition) is 1. The molecule has 0 unspecified atom stereocenters. The Labute approximate surface area is 117 Å². The van der Waals surface area contributed by atoms with Gasteiger partial charge < -0.3 is 14.5 Å². The van der Waals surface area contributed by atoms with Gasteiger partial charge in [-0.25, -0.2) is 14.6 Å². The summed E-state index contributed by atoms with van der Waals surface area (Å²) in [5.41, 5.74) is 0.975. The second kappa shape index (κ2) is 5.15. The summed E-state index contributed by atoms with van der Waals surface area (Å²) in [6, 6.07) is -0.703. The number of rotatable bonds is 1. The number of nitrogens with zero attached hydrogens (tertiary/aromatic N) is 2. The van der Waals surface area contributed by atoms with Crippen molar-refractivity contribution in [3.8, 4) is 0 Å². The molecule has 0 aliphatic carbocycles. The molecule has 1 N–H and O–H groups in total. The first-order valence-corrected chi connectivity index (χ1v) is 6.40. The van der Waals surface area contributed by atoms with Crippen LogP contribution in [0.2, 0.25) is 0 Å². The Morgan fingerprint density at radius 3 is 2.75 bits per heavy atom. The van der Waals surface area contributed by atoms with Crippen molar-refractivity contribution in [2.24, 2.45) is 0 Å². The van der Waals surface area contributed by atoms with E-state index in [4.69, 9.17) is 9.47 Å². The van der Waals surface area contributed by atoms with E-state index in [0.29, 0.717) is 6.42 Å². The summed E-state index contributed by atoms with van der Waals surface area (Å²) in [6.07, 6.45) is 1.34. The van der Waals surface area contributed by atoms with Crippen molar-refractivity contribution >= 4 is 12.1 Å². The SMILES string of the molecule is COC(=O)[C@H]1Cc2nc[nH]c2CN1C(=O)OC(C)(C)C. The zero-order valence-corrected chi connectivity index (χ0v) is 12.1. The lowest BCUT2D eigenvalue weighted by atomic mass is 10.0. The first kappa shape index (κ1) is 14.4. The molecule has 1 aromatic rings. The average molecular weight is 281 g/mol. The predicted octanol–water partition coefficient (Wildman–Crippen LogP) is 1.24. The molecule has 0 saturated carbocycles. The van der Waals surface area contributed by atoms with Gasteiger partial charge in [0.25, 0.3) is 0 Å². The molecule has 2 rings (SSSR count). The van der Waals surface area contributed by atoms with Crippen molar-refractivity contribution in [1.29, 1.82) is 0 Å². The maximum Gasteiger partial charge on any atom is 0.411 e. The topological polar surface area (TPSA) is 84.5 Å². The molecular weight excluding hydrogens is 262 g/mol. The van der Waals surface area contributed by atoms with E-state index in [-0.39, 0.29) is 6.54 Å². The number of methoxy groups -OCH3 is 1. The first-order valence-electron chi connectivity index (χ1n) is 6.40. The van der Waals surface area contributed by atoms with Crippen molar-refractivity contribution in [1.82, 2.24) is 14.9 Å². The Morgan fingerprint density at radius 1 is 1.45 bits per heavy atom. The van der Waals surface area contributed by atoms with Crippen LogP contribution >= 0.6 is 0 Å². The first-order chi connectivity index (χ1) is 9.31. The van der Waals surface area contributed by atoms with E-state index in [1.807, 2.05) is 0 Å². The van der Waals surface area contributed by atoms with Gasteiger partial charge in [-0.3, -0.25) is 4.90 Å². The van der Waals surface area contributed by atoms with E-state index in [9.17, 15) is 9.59 Å². The minimum atomic E-state index is -0.703. The second-order valence-corrected chi connectivity index (χ2v) is 5.68. The van der Waals surface area contributed by atoms with E-state index in [0.717, 1.165) is 11.4 Å². The number of carbonyl (C=O) groups is 2. The highest BCUT2D eigenvalue weighted by Crippen LogP contribution is 2.23. The lowest BCUT2D eigenvalue weighted by molar-refractivity contribution is -0.147. The molecule has 0 radical (unpaired) electrons. The zero-order chi connectivity index (χ0) is 14.9. The highest BCUT2D eigenvalue weighted by atomic mass is 16.6. The monoisotopic (exact) mass is 281 g/mol. The van der Waals surface area contributed by atoms with Crippen LogP contribution in [-0.4, -0.2) is 45.7 Å². The molecule has 1 aliphatic rings. The Morgan fingerprint density at radius 2 is 2.15 bits per heavy atom. The van der Waals surface area contributed by atoms with Crippen LogP contribution in [0.3, 0.4) is 0 Å². The van der Waals surface area contributed by atoms with Crippen LogP contribution in [0.4, 0.5) is 4.79 Å². The number of hydrogen-bond acceptors (Lipinski definition) is 5. The van der Waals surface area contributed by atoms with E-state index < -0.39 is 23.7 Å². The summed E-state index contributed by atoms with van der Waals surface area (Å²) in [6.45, 7) is 5.60. The van der Waals surface area contributed by atoms with Gasteiger partial charge in [-0.15, -0.1) is 0 Å². The van der Waals surface area contributed by atoms with Gasteiger partial charge in [0.1, 0.15) is 11.6 Å². The summed E-state index contributed by atoms with van der Waals surface area (Å²) < 4.78 is 10.1. The largest absolute Gasteiger partial charge is 0.467 e. The Kier molecular flexibility index (Phi) is 3.69. The maximum absolute atomic E-state index is 12.2. The third kappa shape index (κ3) is 2.92. The number of aromatic amines is 1. The zero-order valence-electron chi connectivity index (χ0n) is 12.1. The molecule has 0 saturated heterocycles. The molecule has 1 amide bonds. The van der Waals surface area contributed by atoms with Gasteiger partial charge in [0, 0.05) is 6.42 Å². The Hall–Kier alpha value is -2.05. The van der Waals surface area contributed by atoms with Crippen LogP contribution in [0.25, 0.3) is 0 Å². The quantitative estimate of drug-likeness (QED) is 0.783. The molecule has 0 spiro atoms. The molecule has 1 aliphatic heterocycles. The van der Waals surface area contributed by atoms with Crippen LogP contribution in [0, 0.1) is 0 Å². The number of nitrogens with one attached hydrogen (secondary N) is 1. The summed E-state index contributed by atoms with van der Waals surface area (Å²) in [5, 5.41) is 0. The van der Waals surface area contributed by atoms with Crippen LogP contribution in [0.1, 0.15) is 32.2 Å². The number of carbonyl (C=O) groups excluding carboxylic acids is 2. The lowest BCUT2D eigenvalue weighted by Crippen LogP contribution is -2.50. The molecule has 1 atom stereocenters. The number of imidazole rings is 1. The fourth-order valence-electron chi connectivity index (χ4n) is 2.09. The molecule has 0 aromatic carbocycles. The highest BCUT2D eigenvalue weighted by Gasteiger charge is 2.38. The van der Waals surface area contributed by atoms with Gasteiger partial charge in [-0.05, 0) is 20.8 Å². The maximum atomic E-state index is 12.2. The van der Waals surface area contributed by atoms with Crippen LogP contribution < -0.4 is 0 Å². The number of aromatic nitrogens is 2. The average Bonchev–Trinajstić information content (AvgIpc) is 2.81. The molecule has 7 nitrogen and oxygen atoms in total. The molecule has 7 heteroatoms. The molecular formula is C13H19N3O4. The van der Waals surface area contributed by atoms with Crippen LogP contribution in [0.15, 0.2) is 6.33 Å². The van der Waals surface area contributed by atoms with Crippen molar-refractivity contribution in [2.45, 2.75) is 45.4 Å². The van der Waals surface area contributed by atoms with Crippen molar-refractivity contribution in [3.05, 3.63) is 17.7 Å². The number of H-pyrrole nitrogens is 1. The molecule has 0 bridgehead atoms. The lowest BCUT2D eigenvalue weighted by Gasteiger charge is -2.34. The van der Waals surface area contributed by atoms with E-state index >= 15 is 0 Å². The van der Waals surface area contributed by atoms with E-state index in [2.05, 4.69) is 9.97 Å². The van der Waals surface area contributed by atoms with Crippen molar-refractivity contribution < 1.29 is 19.1 Å². The minimum Gasteiger partial charge on any atom is -0.467 e. The normalized spacial score (nSPS) is 18.4. The van der Waals surface area contributed by atoms with Gasteiger partial charge >= 0.3 is 12.1 Å². The number of amides is 1. The second-order valence-electron chi connectivity index (χ2n) is 5.68. The summed E-state index contributed by atoms with van der Waals surface area (Å²) in [7, 11) is 1.30. The van der Waals surface area contributed by atoms with Gasteiger partial charge in [0.15, 0.2) is 0 Å². The van der Waals surface area contributed by atoms with E-state index in [1.165, 1.54) is 12.0 Å². The van der Waals surface area contributed by atoms with E-state index in [1.54, 1.807) is 27.1 Å².